The first kappa shape index (κ1) is 6.68. The minimum absolute atomic E-state index is 2.09. The number of halogens is 4. The van der Waals surface area contributed by atoms with Crippen LogP contribution < -0.4 is 0 Å². The van der Waals surface area contributed by atoms with E-state index in [2.05, 4.69) is 4.94 Å². The Labute approximate surface area is 36.8 Å². The topological polar surface area (TPSA) is 9.23 Å². The van der Waals surface area contributed by atoms with E-state index in [9.17, 15) is 17.7 Å². The summed E-state index contributed by atoms with van der Waals surface area (Å²) in [5.41, 5.74) is 0. The third-order valence-corrected chi connectivity index (χ3v) is 0.283. The van der Waals surface area contributed by atoms with Crippen molar-refractivity contribution in [3.8, 4) is 0 Å². The Morgan fingerprint density at radius 2 is 1.57 bits per heavy atom. The molecule has 1 unspecified atom stereocenters. The van der Waals surface area contributed by atoms with Gasteiger partial charge in [-0.1, -0.05) is 0 Å². The van der Waals surface area contributed by atoms with Gasteiger partial charge in [0.15, 0.2) is 0 Å². The standard InChI is InChI=1S/C2H2F4O/c3-1(4)2(5)7-6/h1-2H. The van der Waals surface area contributed by atoms with Gasteiger partial charge in [0.05, 0.1) is 0 Å². The van der Waals surface area contributed by atoms with Crippen LogP contribution in [0.25, 0.3) is 0 Å². The van der Waals surface area contributed by atoms with Crippen molar-refractivity contribution in [3.05, 3.63) is 0 Å². The first-order valence-corrected chi connectivity index (χ1v) is 1.38. The Hall–Kier alpha value is -0.320. The van der Waals surface area contributed by atoms with Crippen molar-refractivity contribution in [2.24, 2.45) is 0 Å². The van der Waals surface area contributed by atoms with E-state index < -0.39 is 12.8 Å². The lowest BCUT2D eigenvalue weighted by atomic mass is 10.7. The molecule has 0 aromatic carbocycles. The number of alkyl halides is 3. The highest BCUT2D eigenvalue weighted by Crippen LogP contribution is 2.05. The molecule has 0 aliphatic carbocycles. The summed E-state index contributed by atoms with van der Waals surface area (Å²) in [5.74, 6) is 0. The van der Waals surface area contributed by atoms with Gasteiger partial charge in [0, 0.05) is 0 Å². The normalized spacial score (nSPS) is 15.0. The van der Waals surface area contributed by atoms with Crippen molar-refractivity contribution >= 4 is 0 Å². The second-order valence-electron chi connectivity index (χ2n) is 0.775. The van der Waals surface area contributed by atoms with Gasteiger partial charge in [0.2, 0.25) is 0 Å². The van der Waals surface area contributed by atoms with E-state index in [4.69, 9.17) is 0 Å². The molecule has 0 bridgehead atoms. The predicted molar refractivity (Wildman–Crippen MR) is 13.1 cm³/mol. The molecule has 0 heterocycles. The monoisotopic (exact) mass is 118 g/mol. The summed E-state index contributed by atoms with van der Waals surface area (Å²) in [7, 11) is 0. The fourth-order valence-corrected chi connectivity index (χ4v) is 0.0389. The zero-order valence-electron chi connectivity index (χ0n) is 3.07. The fraction of sp³-hybridized carbons (Fsp3) is 1.00. The maximum Gasteiger partial charge on any atom is 0.296 e. The Bertz CT molecular complexity index is 47.0. The van der Waals surface area contributed by atoms with Crippen LogP contribution >= 0.6 is 0 Å². The smallest absolute Gasteiger partial charge is 0.206 e. The molecule has 0 rings (SSSR count). The van der Waals surface area contributed by atoms with Crippen LogP contribution in [0.4, 0.5) is 17.7 Å². The van der Waals surface area contributed by atoms with E-state index in [1.54, 1.807) is 0 Å². The lowest BCUT2D eigenvalue weighted by Gasteiger charge is -1.95. The molecular weight excluding hydrogens is 116 g/mol. The maximum atomic E-state index is 10.9. The summed E-state index contributed by atoms with van der Waals surface area (Å²) in [5, 5.41) is 0. The summed E-state index contributed by atoms with van der Waals surface area (Å²) in [6.45, 7) is 0. The van der Waals surface area contributed by atoms with E-state index in [0.717, 1.165) is 0 Å². The summed E-state index contributed by atoms with van der Waals surface area (Å²) in [4.78, 5) is 2.09. The first-order chi connectivity index (χ1) is 3.18. The van der Waals surface area contributed by atoms with Crippen molar-refractivity contribution in [1.29, 1.82) is 0 Å². The van der Waals surface area contributed by atoms with E-state index in [0.29, 0.717) is 0 Å². The van der Waals surface area contributed by atoms with Gasteiger partial charge in [-0.15, -0.1) is 0 Å². The van der Waals surface area contributed by atoms with Crippen LogP contribution in [0.15, 0.2) is 0 Å². The molecule has 0 saturated heterocycles. The lowest BCUT2D eigenvalue weighted by Crippen LogP contribution is -2.11. The van der Waals surface area contributed by atoms with Crippen LogP contribution in [0.1, 0.15) is 0 Å². The summed E-state index contributed by atoms with van der Waals surface area (Å²) >= 11 is 0. The number of rotatable bonds is 2. The predicted octanol–water partition coefficient (Wildman–Crippen LogP) is 1.45. The molecule has 0 aliphatic rings. The molecule has 44 valence electrons. The molecule has 0 N–H and O–H groups in total. The molecule has 0 aromatic rings. The van der Waals surface area contributed by atoms with Gasteiger partial charge in [-0.25, -0.2) is 13.2 Å². The van der Waals surface area contributed by atoms with Crippen LogP contribution in [-0.2, 0) is 4.94 Å². The van der Waals surface area contributed by atoms with Crippen molar-refractivity contribution in [2.45, 2.75) is 12.8 Å². The van der Waals surface area contributed by atoms with Crippen LogP contribution in [0, 0.1) is 0 Å². The van der Waals surface area contributed by atoms with E-state index in [1.807, 2.05) is 0 Å². The maximum absolute atomic E-state index is 10.9. The minimum Gasteiger partial charge on any atom is -0.206 e. The van der Waals surface area contributed by atoms with Gasteiger partial charge in [0.25, 0.3) is 12.8 Å². The molecule has 0 radical (unpaired) electrons. The third-order valence-electron chi connectivity index (χ3n) is 0.283. The van der Waals surface area contributed by atoms with Crippen LogP contribution in [-0.4, -0.2) is 12.8 Å². The van der Waals surface area contributed by atoms with Crippen molar-refractivity contribution < 1.29 is 22.6 Å². The fourth-order valence-electron chi connectivity index (χ4n) is 0.0389. The van der Waals surface area contributed by atoms with Gasteiger partial charge < -0.3 is 0 Å². The van der Waals surface area contributed by atoms with Crippen molar-refractivity contribution in [3.63, 3.8) is 0 Å². The zero-order valence-corrected chi connectivity index (χ0v) is 3.07. The van der Waals surface area contributed by atoms with E-state index in [-0.39, 0.29) is 0 Å². The molecule has 0 aromatic heterocycles. The average molecular weight is 118 g/mol. The molecule has 1 nitrogen and oxygen atoms in total. The second-order valence-corrected chi connectivity index (χ2v) is 0.775. The molecule has 1 atom stereocenters. The van der Waals surface area contributed by atoms with E-state index >= 15 is 0 Å². The highest BCUT2D eigenvalue weighted by molar-refractivity contribution is 4.36. The Balaban J connectivity index is 3.14. The zero-order chi connectivity index (χ0) is 5.86. The molecule has 0 saturated carbocycles. The molecular formula is C2H2F4O. The minimum atomic E-state index is -3.40. The quantitative estimate of drug-likeness (QED) is 0.498. The molecule has 0 fully saturated rings. The summed E-state index contributed by atoms with van der Waals surface area (Å²) in [6, 6.07) is 0. The highest BCUT2D eigenvalue weighted by atomic mass is 19.3. The largest absolute Gasteiger partial charge is 0.296 e. The van der Waals surface area contributed by atoms with Crippen LogP contribution in [0.3, 0.4) is 0 Å². The van der Waals surface area contributed by atoms with Gasteiger partial charge in [-0.05, 0) is 4.53 Å². The molecule has 0 spiro atoms. The molecule has 5 heteroatoms. The summed E-state index contributed by atoms with van der Waals surface area (Å²) < 4.78 is 42.6. The average Bonchev–Trinajstić information content (AvgIpc) is 1.65. The Morgan fingerprint density at radius 3 is 1.57 bits per heavy atom. The molecule has 0 amide bonds. The lowest BCUT2D eigenvalue weighted by molar-refractivity contribution is -0.263. The van der Waals surface area contributed by atoms with E-state index in [1.165, 1.54) is 0 Å². The van der Waals surface area contributed by atoms with Crippen molar-refractivity contribution in [2.75, 3.05) is 0 Å². The second kappa shape index (κ2) is 2.79. The number of hydrogen-bond acceptors (Lipinski definition) is 1. The summed E-state index contributed by atoms with van der Waals surface area (Å²) in [6.07, 6.45) is -6.50. The molecule has 0 aliphatic heterocycles. The highest BCUT2D eigenvalue weighted by Gasteiger charge is 2.19. The Morgan fingerprint density at radius 1 is 1.14 bits per heavy atom. The number of hydrogen-bond donors (Lipinski definition) is 0. The van der Waals surface area contributed by atoms with Gasteiger partial charge in [-0.3, -0.25) is 0 Å². The van der Waals surface area contributed by atoms with Crippen LogP contribution in [0.2, 0.25) is 0 Å². The van der Waals surface area contributed by atoms with Crippen LogP contribution in [0.5, 0.6) is 0 Å². The Kier molecular flexibility index (Phi) is 2.66. The molecule has 7 heavy (non-hydrogen) atoms. The third kappa shape index (κ3) is 2.38. The van der Waals surface area contributed by atoms with Crippen molar-refractivity contribution in [1.82, 2.24) is 0 Å². The van der Waals surface area contributed by atoms with Gasteiger partial charge in [-0.2, -0.15) is 4.94 Å². The van der Waals surface area contributed by atoms with Gasteiger partial charge >= 0.3 is 0 Å². The van der Waals surface area contributed by atoms with Gasteiger partial charge in [0.1, 0.15) is 0 Å². The SMILES string of the molecule is FOC(F)C(F)F. The first-order valence-electron chi connectivity index (χ1n) is 1.38.